The second-order valence-electron chi connectivity index (χ2n) is 7.97. The van der Waals surface area contributed by atoms with Gasteiger partial charge in [0, 0.05) is 51.5 Å². The number of amides is 1. The minimum absolute atomic E-state index is 0.00401. The molecule has 0 spiro atoms. The summed E-state index contributed by atoms with van der Waals surface area (Å²) in [5.74, 6) is -0.00401. The quantitative estimate of drug-likeness (QED) is 0.560. The Kier molecular flexibility index (Phi) is 6.85. The molecule has 1 aromatic heterocycles. The van der Waals surface area contributed by atoms with E-state index in [1.54, 1.807) is 11.3 Å². The molecule has 1 fully saturated rings. The van der Waals surface area contributed by atoms with Gasteiger partial charge in [-0.3, -0.25) is 14.6 Å². The number of morpholine rings is 1. The number of carbonyl (C=O) groups excluding carboxylic acids is 1. The number of ether oxygens (including phenoxy) is 1. The zero-order valence-corrected chi connectivity index (χ0v) is 19.3. The standard InChI is InChI=1S/C24H30N4O2S/c1-4-18-6-5-7-21-22(18)25-24(31-21)28(13-12-27-14-16-30-17-15-27)23(29)19-8-10-20(11-9-19)26(2)3/h5-11H,4,12-17H2,1-3H3. The van der Waals surface area contributed by atoms with Crippen molar-refractivity contribution in [2.24, 2.45) is 0 Å². The Morgan fingerprint density at radius 2 is 1.87 bits per heavy atom. The maximum Gasteiger partial charge on any atom is 0.260 e. The number of rotatable bonds is 7. The normalized spacial score (nSPS) is 14.7. The average molecular weight is 439 g/mol. The summed E-state index contributed by atoms with van der Waals surface area (Å²) in [4.78, 5) is 24.7. The molecule has 7 heteroatoms. The van der Waals surface area contributed by atoms with Crippen LogP contribution >= 0.6 is 11.3 Å². The van der Waals surface area contributed by atoms with Crippen LogP contribution in [-0.2, 0) is 11.2 Å². The topological polar surface area (TPSA) is 48.9 Å². The largest absolute Gasteiger partial charge is 0.379 e. The zero-order valence-electron chi connectivity index (χ0n) is 18.5. The number of anilines is 2. The van der Waals surface area contributed by atoms with Crippen LogP contribution in [0.4, 0.5) is 10.8 Å². The van der Waals surface area contributed by atoms with E-state index in [1.165, 1.54) is 5.56 Å². The molecule has 1 aliphatic rings. The molecule has 0 aliphatic carbocycles. The maximum absolute atomic E-state index is 13.6. The molecule has 4 rings (SSSR count). The van der Waals surface area contributed by atoms with Crippen LogP contribution in [0.1, 0.15) is 22.8 Å². The van der Waals surface area contributed by atoms with E-state index in [4.69, 9.17) is 9.72 Å². The van der Waals surface area contributed by atoms with Crippen LogP contribution in [0, 0.1) is 0 Å². The van der Waals surface area contributed by atoms with E-state index >= 15 is 0 Å². The predicted octanol–water partition coefficient (Wildman–Crippen LogP) is 3.90. The summed E-state index contributed by atoms with van der Waals surface area (Å²) in [6, 6.07) is 14.1. The van der Waals surface area contributed by atoms with Gasteiger partial charge >= 0.3 is 0 Å². The SMILES string of the molecule is CCc1cccc2sc(N(CCN3CCOCC3)C(=O)c3ccc(N(C)C)cc3)nc12. The molecule has 0 saturated carbocycles. The third-order valence-electron chi connectivity index (χ3n) is 5.72. The molecule has 3 aromatic rings. The van der Waals surface area contributed by atoms with Gasteiger partial charge in [0.15, 0.2) is 5.13 Å². The van der Waals surface area contributed by atoms with Crippen molar-refractivity contribution in [1.29, 1.82) is 0 Å². The third-order valence-corrected chi connectivity index (χ3v) is 6.77. The van der Waals surface area contributed by atoms with Gasteiger partial charge in [0.1, 0.15) is 0 Å². The Bertz CT molecular complexity index is 1030. The van der Waals surface area contributed by atoms with E-state index < -0.39 is 0 Å². The van der Waals surface area contributed by atoms with Crippen LogP contribution in [0.3, 0.4) is 0 Å². The van der Waals surface area contributed by atoms with E-state index in [9.17, 15) is 4.79 Å². The molecule has 1 aliphatic heterocycles. The highest BCUT2D eigenvalue weighted by molar-refractivity contribution is 7.22. The van der Waals surface area contributed by atoms with Crippen LogP contribution < -0.4 is 9.80 Å². The molecule has 0 N–H and O–H groups in total. The fourth-order valence-corrected chi connectivity index (χ4v) is 4.84. The van der Waals surface area contributed by atoms with Crippen molar-refractivity contribution in [2.45, 2.75) is 13.3 Å². The second-order valence-corrected chi connectivity index (χ2v) is 8.98. The van der Waals surface area contributed by atoms with Gasteiger partial charge in [-0.2, -0.15) is 0 Å². The summed E-state index contributed by atoms with van der Waals surface area (Å²) in [6.07, 6.45) is 0.925. The van der Waals surface area contributed by atoms with Crippen molar-refractivity contribution >= 4 is 38.3 Å². The first-order valence-electron chi connectivity index (χ1n) is 10.8. The van der Waals surface area contributed by atoms with Gasteiger partial charge in [-0.15, -0.1) is 0 Å². The van der Waals surface area contributed by atoms with Gasteiger partial charge in [0.2, 0.25) is 0 Å². The van der Waals surface area contributed by atoms with E-state index in [0.717, 1.165) is 60.3 Å². The molecule has 0 bridgehead atoms. The van der Waals surface area contributed by atoms with Gasteiger partial charge < -0.3 is 9.64 Å². The molecular formula is C24H30N4O2S. The minimum Gasteiger partial charge on any atom is -0.379 e. The Labute approximate surface area is 188 Å². The first-order chi connectivity index (χ1) is 15.1. The van der Waals surface area contributed by atoms with Crippen LogP contribution in [-0.4, -0.2) is 69.3 Å². The maximum atomic E-state index is 13.6. The molecule has 2 aromatic carbocycles. The number of para-hydroxylation sites is 1. The number of carbonyl (C=O) groups is 1. The van der Waals surface area contributed by atoms with Crippen molar-refractivity contribution in [2.75, 3.05) is 63.3 Å². The highest BCUT2D eigenvalue weighted by Gasteiger charge is 2.23. The lowest BCUT2D eigenvalue weighted by Gasteiger charge is -2.29. The predicted molar refractivity (Wildman–Crippen MR) is 129 cm³/mol. The smallest absolute Gasteiger partial charge is 0.260 e. The number of hydrogen-bond donors (Lipinski definition) is 0. The Morgan fingerprint density at radius 3 is 2.55 bits per heavy atom. The van der Waals surface area contributed by atoms with Crippen molar-refractivity contribution in [3.8, 4) is 0 Å². The number of benzene rings is 2. The zero-order chi connectivity index (χ0) is 21.8. The number of aryl methyl sites for hydroxylation is 1. The second kappa shape index (κ2) is 9.77. The fraction of sp³-hybridized carbons (Fsp3) is 0.417. The first kappa shape index (κ1) is 21.7. The molecule has 164 valence electrons. The van der Waals surface area contributed by atoms with Crippen molar-refractivity contribution in [1.82, 2.24) is 9.88 Å². The Balaban J connectivity index is 1.64. The van der Waals surface area contributed by atoms with Crippen molar-refractivity contribution in [3.63, 3.8) is 0 Å². The molecule has 0 unspecified atom stereocenters. The number of thiazole rings is 1. The summed E-state index contributed by atoms with van der Waals surface area (Å²) in [7, 11) is 4.00. The molecule has 0 atom stereocenters. The summed E-state index contributed by atoms with van der Waals surface area (Å²) in [5.41, 5.74) is 3.99. The Morgan fingerprint density at radius 1 is 1.13 bits per heavy atom. The molecule has 1 amide bonds. The number of nitrogens with zero attached hydrogens (tertiary/aromatic N) is 4. The lowest BCUT2D eigenvalue weighted by molar-refractivity contribution is 0.0391. The lowest BCUT2D eigenvalue weighted by atomic mass is 10.1. The van der Waals surface area contributed by atoms with Gasteiger partial charge in [-0.1, -0.05) is 30.4 Å². The average Bonchev–Trinajstić information content (AvgIpc) is 3.24. The fourth-order valence-electron chi connectivity index (χ4n) is 3.80. The van der Waals surface area contributed by atoms with Crippen molar-refractivity contribution < 1.29 is 9.53 Å². The molecule has 31 heavy (non-hydrogen) atoms. The van der Waals surface area contributed by atoms with Gasteiger partial charge in [0.05, 0.1) is 23.4 Å². The van der Waals surface area contributed by atoms with E-state index in [-0.39, 0.29) is 5.91 Å². The van der Waals surface area contributed by atoms with Crippen LogP contribution in [0.5, 0.6) is 0 Å². The first-order valence-corrected chi connectivity index (χ1v) is 11.7. The van der Waals surface area contributed by atoms with Gasteiger partial charge in [0.25, 0.3) is 5.91 Å². The molecular weight excluding hydrogens is 408 g/mol. The van der Waals surface area contributed by atoms with E-state index in [1.807, 2.05) is 48.2 Å². The summed E-state index contributed by atoms with van der Waals surface area (Å²) in [6.45, 7) is 6.86. The van der Waals surface area contributed by atoms with Crippen LogP contribution in [0.15, 0.2) is 42.5 Å². The van der Waals surface area contributed by atoms with E-state index in [0.29, 0.717) is 12.1 Å². The highest BCUT2D eigenvalue weighted by Crippen LogP contribution is 2.32. The number of fused-ring (bicyclic) bond motifs is 1. The summed E-state index contributed by atoms with van der Waals surface area (Å²) in [5, 5.41) is 0.769. The Hall–Kier alpha value is -2.48. The van der Waals surface area contributed by atoms with Crippen LogP contribution in [0.2, 0.25) is 0 Å². The monoisotopic (exact) mass is 438 g/mol. The molecule has 2 heterocycles. The summed E-state index contributed by atoms with van der Waals surface area (Å²) < 4.78 is 6.59. The van der Waals surface area contributed by atoms with Crippen molar-refractivity contribution in [3.05, 3.63) is 53.6 Å². The minimum atomic E-state index is -0.00401. The third kappa shape index (κ3) is 4.89. The number of aromatic nitrogens is 1. The van der Waals surface area contributed by atoms with Gasteiger partial charge in [-0.05, 0) is 42.3 Å². The number of hydrogen-bond acceptors (Lipinski definition) is 6. The van der Waals surface area contributed by atoms with E-state index in [2.05, 4.69) is 30.0 Å². The molecule has 0 radical (unpaired) electrons. The van der Waals surface area contributed by atoms with Gasteiger partial charge in [-0.25, -0.2) is 4.98 Å². The highest BCUT2D eigenvalue weighted by atomic mass is 32.1. The summed E-state index contributed by atoms with van der Waals surface area (Å²) >= 11 is 1.60. The molecule has 1 saturated heterocycles. The lowest BCUT2D eigenvalue weighted by Crippen LogP contribution is -2.43. The molecule has 6 nitrogen and oxygen atoms in total. The van der Waals surface area contributed by atoms with Crippen LogP contribution in [0.25, 0.3) is 10.2 Å².